The van der Waals surface area contributed by atoms with E-state index in [1.807, 2.05) is 12.3 Å². The van der Waals surface area contributed by atoms with Crippen LogP contribution in [0.5, 0.6) is 0 Å². The number of carbonyl (C=O) groups is 1. The van der Waals surface area contributed by atoms with E-state index in [9.17, 15) is 9.18 Å². The number of aliphatic imine (C=N–C) groups is 1. The highest BCUT2D eigenvalue weighted by Gasteiger charge is 2.39. The van der Waals surface area contributed by atoms with Gasteiger partial charge in [-0.05, 0) is 61.4 Å². The van der Waals surface area contributed by atoms with E-state index in [2.05, 4.69) is 20.7 Å². The Bertz CT molecular complexity index is 907. The Kier molecular flexibility index (Phi) is 6.01. The summed E-state index contributed by atoms with van der Waals surface area (Å²) in [6, 6.07) is 8.52. The quantitative estimate of drug-likeness (QED) is 0.564. The van der Waals surface area contributed by atoms with Crippen LogP contribution in [-0.4, -0.2) is 53.2 Å². The van der Waals surface area contributed by atoms with Gasteiger partial charge in [0, 0.05) is 26.3 Å². The second kappa shape index (κ2) is 8.85. The molecule has 30 heavy (non-hydrogen) atoms. The summed E-state index contributed by atoms with van der Waals surface area (Å²) in [6.45, 7) is 0.587. The first kappa shape index (κ1) is 20.4. The van der Waals surface area contributed by atoms with Gasteiger partial charge >= 0.3 is 0 Å². The second-order valence-corrected chi connectivity index (χ2v) is 8.46. The highest BCUT2D eigenvalue weighted by molar-refractivity contribution is 5.86. The minimum Gasteiger partial charge on any atom is -0.353 e. The van der Waals surface area contributed by atoms with E-state index in [1.54, 1.807) is 35.8 Å². The van der Waals surface area contributed by atoms with Crippen LogP contribution < -0.4 is 10.6 Å². The molecule has 0 aliphatic heterocycles. The number of rotatable bonds is 6. The van der Waals surface area contributed by atoms with Crippen molar-refractivity contribution in [1.29, 1.82) is 0 Å². The maximum atomic E-state index is 13.1. The van der Waals surface area contributed by atoms with Crippen LogP contribution in [0.3, 0.4) is 0 Å². The van der Waals surface area contributed by atoms with Gasteiger partial charge < -0.3 is 15.5 Å². The smallest absolute Gasteiger partial charge is 0.241 e. The van der Waals surface area contributed by atoms with Crippen molar-refractivity contribution in [2.24, 2.45) is 16.8 Å². The summed E-state index contributed by atoms with van der Waals surface area (Å²) in [6.07, 6.45) is 6.91. The summed E-state index contributed by atoms with van der Waals surface area (Å²) < 4.78 is 14.8. The minimum atomic E-state index is -0.273. The van der Waals surface area contributed by atoms with Crippen LogP contribution in [0.15, 0.2) is 41.5 Å². The van der Waals surface area contributed by atoms with Crippen molar-refractivity contribution in [1.82, 2.24) is 25.3 Å². The molecule has 3 unspecified atom stereocenters. The Balaban J connectivity index is 1.43. The molecular weight excluding hydrogens is 383 g/mol. The number of benzene rings is 1. The van der Waals surface area contributed by atoms with Crippen LogP contribution in [0.2, 0.25) is 0 Å². The van der Waals surface area contributed by atoms with E-state index >= 15 is 0 Å². The number of aromatic nitrogens is 2. The largest absolute Gasteiger partial charge is 0.353 e. The summed E-state index contributed by atoms with van der Waals surface area (Å²) in [5, 5.41) is 11.3. The van der Waals surface area contributed by atoms with E-state index < -0.39 is 0 Å². The molecule has 2 fully saturated rings. The summed E-state index contributed by atoms with van der Waals surface area (Å²) in [5.41, 5.74) is 1.59. The molecule has 2 saturated carbocycles. The predicted molar refractivity (Wildman–Crippen MR) is 114 cm³/mol. The van der Waals surface area contributed by atoms with Gasteiger partial charge in [0.2, 0.25) is 5.91 Å². The molecule has 1 heterocycles. The number of carbonyl (C=O) groups excluding carboxylic acids is 1. The minimum absolute atomic E-state index is 0.00182. The molecule has 1 aromatic carbocycles. The van der Waals surface area contributed by atoms with Crippen molar-refractivity contribution in [3.05, 3.63) is 48.0 Å². The number of hydrogen-bond acceptors (Lipinski definition) is 3. The Morgan fingerprint density at radius 2 is 2.03 bits per heavy atom. The lowest BCUT2D eigenvalue weighted by Crippen LogP contribution is -2.48. The zero-order chi connectivity index (χ0) is 21.1. The third-order valence-corrected chi connectivity index (χ3v) is 6.10. The summed E-state index contributed by atoms with van der Waals surface area (Å²) in [4.78, 5) is 18.3. The first-order valence-electron chi connectivity index (χ1n) is 10.5. The van der Waals surface area contributed by atoms with Gasteiger partial charge in [0.15, 0.2) is 5.96 Å². The number of nitrogens with zero attached hydrogens (tertiary/aromatic N) is 4. The van der Waals surface area contributed by atoms with Gasteiger partial charge in [-0.1, -0.05) is 6.42 Å². The lowest BCUT2D eigenvalue weighted by atomic mass is 9.95. The topological polar surface area (TPSA) is 74.5 Å². The predicted octanol–water partition coefficient (Wildman–Crippen LogP) is 2.32. The van der Waals surface area contributed by atoms with Crippen molar-refractivity contribution in [3.63, 3.8) is 0 Å². The molecule has 0 radical (unpaired) electrons. The molecule has 1 aromatic heterocycles. The molecule has 0 spiro atoms. The van der Waals surface area contributed by atoms with Gasteiger partial charge in [0.05, 0.1) is 24.5 Å². The lowest BCUT2D eigenvalue weighted by molar-refractivity contribution is -0.127. The molecule has 160 valence electrons. The number of likely N-dealkylation sites (N-methyl/N-ethyl adjacent to an activating group) is 1. The van der Waals surface area contributed by atoms with Crippen LogP contribution >= 0.6 is 0 Å². The molecule has 2 aliphatic rings. The number of nitrogens with one attached hydrogen (secondary N) is 2. The molecule has 3 atom stereocenters. The molecule has 2 aromatic rings. The van der Waals surface area contributed by atoms with Gasteiger partial charge in [-0.2, -0.15) is 5.10 Å². The Morgan fingerprint density at radius 3 is 2.70 bits per heavy atom. The van der Waals surface area contributed by atoms with E-state index in [-0.39, 0.29) is 18.3 Å². The fourth-order valence-electron chi connectivity index (χ4n) is 4.41. The average Bonchev–Trinajstić information content (AvgIpc) is 3.47. The average molecular weight is 413 g/mol. The van der Waals surface area contributed by atoms with Gasteiger partial charge in [-0.15, -0.1) is 0 Å². The van der Waals surface area contributed by atoms with Gasteiger partial charge in [0.25, 0.3) is 0 Å². The zero-order valence-electron chi connectivity index (χ0n) is 17.5. The fourth-order valence-corrected chi connectivity index (χ4v) is 4.41. The lowest BCUT2D eigenvalue weighted by Gasteiger charge is -2.25. The maximum absolute atomic E-state index is 13.1. The van der Waals surface area contributed by atoms with Crippen LogP contribution in [0.4, 0.5) is 4.39 Å². The number of amides is 1. The molecular formula is C22H29FN6O. The van der Waals surface area contributed by atoms with Crippen molar-refractivity contribution < 1.29 is 9.18 Å². The van der Waals surface area contributed by atoms with Crippen LogP contribution in [-0.2, 0) is 11.3 Å². The van der Waals surface area contributed by atoms with Gasteiger partial charge in [-0.25, -0.2) is 14.1 Å². The molecule has 1 amide bonds. The third-order valence-electron chi connectivity index (χ3n) is 6.10. The first-order valence-corrected chi connectivity index (χ1v) is 10.5. The molecule has 2 bridgehead atoms. The summed E-state index contributed by atoms with van der Waals surface area (Å²) in [5.74, 6) is 1.90. The van der Waals surface area contributed by atoms with E-state index in [1.165, 1.54) is 37.8 Å². The number of halogens is 1. The first-order chi connectivity index (χ1) is 14.5. The molecule has 0 saturated heterocycles. The number of hydrogen-bond donors (Lipinski definition) is 2. The van der Waals surface area contributed by atoms with Gasteiger partial charge in [0.1, 0.15) is 5.82 Å². The van der Waals surface area contributed by atoms with Crippen molar-refractivity contribution in [3.8, 4) is 5.69 Å². The molecule has 8 heteroatoms. The van der Waals surface area contributed by atoms with Crippen LogP contribution in [0.25, 0.3) is 5.69 Å². The second-order valence-electron chi connectivity index (χ2n) is 8.46. The summed E-state index contributed by atoms with van der Waals surface area (Å²) in [7, 11) is 3.48. The Hall–Kier alpha value is -2.90. The SMILES string of the molecule is CN(C)C(=O)CNC(=NCc1ccn(-c2ccc(F)cc2)n1)NC1CC2CCC1C2. The highest BCUT2D eigenvalue weighted by atomic mass is 19.1. The summed E-state index contributed by atoms with van der Waals surface area (Å²) >= 11 is 0. The van der Waals surface area contributed by atoms with Crippen molar-refractivity contribution in [2.75, 3.05) is 20.6 Å². The third kappa shape index (κ3) is 4.80. The zero-order valence-corrected chi connectivity index (χ0v) is 17.5. The Labute approximate surface area is 176 Å². The molecule has 2 N–H and O–H groups in total. The monoisotopic (exact) mass is 412 g/mol. The Morgan fingerprint density at radius 1 is 1.23 bits per heavy atom. The molecule has 2 aliphatic carbocycles. The van der Waals surface area contributed by atoms with Crippen molar-refractivity contribution >= 4 is 11.9 Å². The standard InChI is InChI=1S/C22H29FN6O/c1-28(2)21(30)14-25-22(26-20-12-15-3-4-16(20)11-15)24-13-18-9-10-29(27-18)19-7-5-17(23)6-8-19/h5-10,15-16,20H,3-4,11-14H2,1-2H3,(H2,24,25,26). The van der Waals surface area contributed by atoms with E-state index in [4.69, 9.17) is 0 Å². The maximum Gasteiger partial charge on any atom is 0.241 e. The van der Waals surface area contributed by atoms with E-state index in [0.29, 0.717) is 24.5 Å². The number of fused-ring (bicyclic) bond motifs is 2. The van der Waals surface area contributed by atoms with E-state index in [0.717, 1.165) is 17.3 Å². The molecule has 4 rings (SSSR count). The highest BCUT2D eigenvalue weighted by Crippen LogP contribution is 2.44. The van der Waals surface area contributed by atoms with Gasteiger partial charge in [-0.3, -0.25) is 4.79 Å². The molecule has 7 nitrogen and oxygen atoms in total. The van der Waals surface area contributed by atoms with Crippen molar-refractivity contribution in [2.45, 2.75) is 38.3 Å². The fraction of sp³-hybridized carbons (Fsp3) is 0.500. The van der Waals surface area contributed by atoms with Crippen LogP contribution in [0, 0.1) is 17.7 Å². The van der Waals surface area contributed by atoms with Crippen LogP contribution in [0.1, 0.15) is 31.4 Å². The number of guanidine groups is 1. The normalized spacial score (nSPS) is 22.9.